The van der Waals surface area contributed by atoms with Gasteiger partial charge >= 0.3 is 0 Å². The maximum absolute atomic E-state index is 5.49. The minimum absolute atomic E-state index is 0.386. The minimum Gasteiger partial charge on any atom is -0.464 e. The van der Waals surface area contributed by atoms with Crippen LogP contribution in [0.4, 0.5) is 5.82 Å². The third-order valence-electron chi connectivity index (χ3n) is 2.27. The molecule has 1 aromatic carbocycles. The quantitative estimate of drug-likeness (QED) is 0.655. The Kier molecular flexibility index (Phi) is 1.56. The lowest BCUT2D eigenvalue weighted by Crippen LogP contribution is -1.79. The van der Waals surface area contributed by atoms with Gasteiger partial charge in [0.15, 0.2) is 11.6 Å². The number of furan rings is 1. The second-order valence-electron chi connectivity index (χ2n) is 3.29. The summed E-state index contributed by atoms with van der Waals surface area (Å²) in [5, 5.41) is 4.67. The number of benzene rings is 1. The molecule has 4 heteroatoms. The Morgan fingerprint density at radius 2 is 2.07 bits per heavy atom. The molecule has 2 aromatic heterocycles. The highest BCUT2D eigenvalue weighted by Gasteiger charge is 2.06. The van der Waals surface area contributed by atoms with Crippen molar-refractivity contribution in [2.24, 2.45) is 0 Å². The number of anilines is 1. The Morgan fingerprint density at radius 1 is 1.13 bits per heavy atom. The van der Waals surface area contributed by atoms with Gasteiger partial charge in [-0.1, -0.05) is 5.16 Å². The molecule has 74 valence electrons. The average molecular weight is 200 g/mol. The van der Waals surface area contributed by atoms with Crippen molar-refractivity contribution in [3.8, 4) is 11.3 Å². The van der Waals surface area contributed by atoms with E-state index in [2.05, 4.69) is 5.16 Å². The lowest BCUT2D eigenvalue weighted by molar-refractivity contribution is 0.436. The molecule has 4 nitrogen and oxygen atoms in total. The number of hydrogen-bond acceptors (Lipinski definition) is 4. The molecule has 0 radical (unpaired) electrons. The van der Waals surface area contributed by atoms with Gasteiger partial charge in [-0.25, -0.2) is 0 Å². The molecule has 0 atom stereocenters. The Hall–Kier alpha value is -2.23. The van der Waals surface area contributed by atoms with E-state index >= 15 is 0 Å². The van der Waals surface area contributed by atoms with Crippen molar-refractivity contribution in [1.82, 2.24) is 5.16 Å². The molecule has 3 aromatic rings. The molecule has 15 heavy (non-hydrogen) atoms. The van der Waals surface area contributed by atoms with E-state index in [1.54, 1.807) is 12.3 Å². The normalized spacial score (nSPS) is 10.9. The van der Waals surface area contributed by atoms with Gasteiger partial charge in [0.2, 0.25) is 0 Å². The molecule has 0 unspecified atom stereocenters. The Labute approximate surface area is 85.3 Å². The summed E-state index contributed by atoms with van der Waals surface area (Å²) in [7, 11) is 0. The second-order valence-corrected chi connectivity index (χ2v) is 3.29. The fourth-order valence-electron chi connectivity index (χ4n) is 1.54. The highest BCUT2D eigenvalue weighted by molar-refractivity contribution is 5.82. The highest BCUT2D eigenvalue weighted by Crippen LogP contribution is 2.25. The molecule has 0 aliphatic heterocycles. The van der Waals surface area contributed by atoms with Crippen LogP contribution in [0.2, 0.25) is 0 Å². The van der Waals surface area contributed by atoms with Gasteiger partial charge < -0.3 is 14.7 Å². The predicted molar refractivity (Wildman–Crippen MR) is 56.1 cm³/mol. The number of nitrogens with two attached hydrogens (primary N) is 1. The summed E-state index contributed by atoms with van der Waals surface area (Å²) in [5.41, 5.74) is 7.28. The van der Waals surface area contributed by atoms with E-state index in [9.17, 15) is 0 Å². The third-order valence-corrected chi connectivity index (χ3v) is 2.27. The van der Waals surface area contributed by atoms with Gasteiger partial charge in [-0.05, 0) is 24.3 Å². The maximum Gasteiger partial charge on any atom is 0.169 e. The molecule has 2 N–H and O–H groups in total. The number of rotatable bonds is 1. The van der Waals surface area contributed by atoms with E-state index in [-0.39, 0.29) is 0 Å². The van der Waals surface area contributed by atoms with Crippen LogP contribution in [0.15, 0.2) is 45.5 Å². The summed E-state index contributed by atoms with van der Waals surface area (Å²) >= 11 is 0. The molecule has 0 spiro atoms. The third kappa shape index (κ3) is 1.27. The van der Waals surface area contributed by atoms with Gasteiger partial charge in [0, 0.05) is 17.0 Å². The van der Waals surface area contributed by atoms with Crippen LogP contribution in [0, 0.1) is 0 Å². The van der Waals surface area contributed by atoms with Crippen molar-refractivity contribution < 1.29 is 8.94 Å². The summed E-state index contributed by atoms with van der Waals surface area (Å²) in [5.74, 6) is 1.05. The highest BCUT2D eigenvalue weighted by atomic mass is 16.5. The molecule has 0 amide bonds. The molecule has 3 rings (SSSR count). The van der Waals surface area contributed by atoms with Gasteiger partial charge in [0.05, 0.1) is 6.26 Å². The Balaban J connectivity index is 2.18. The molecule has 0 fully saturated rings. The zero-order valence-corrected chi connectivity index (χ0v) is 7.81. The fraction of sp³-hybridized carbons (Fsp3) is 0. The van der Waals surface area contributed by atoms with Crippen LogP contribution >= 0.6 is 0 Å². The van der Waals surface area contributed by atoms with Crippen molar-refractivity contribution >= 4 is 16.8 Å². The summed E-state index contributed by atoms with van der Waals surface area (Å²) < 4.78 is 10.3. The molecule has 0 saturated heterocycles. The van der Waals surface area contributed by atoms with Crippen LogP contribution in [0.25, 0.3) is 22.3 Å². The largest absolute Gasteiger partial charge is 0.464 e. The number of nitrogen functional groups attached to an aromatic ring is 1. The first-order chi connectivity index (χ1) is 7.33. The zero-order chi connectivity index (χ0) is 10.3. The minimum atomic E-state index is 0.386. The fourth-order valence-corrected chi connectivity index (χ4v) is 1.54. The SMILES string of the molecule is Nc1cc(-c2ccc3occc3c2)on1. The van der Waals surface area contributed by atoms with Gasteiger partial charge in [-0.2, -0.15) is 0 Å². The van der Waals surface area contributed by atoms with Crippen molar-refractivity contribution in [3.05, 3.63) is 36.6 Å². The van der Waals surface area contributed by atoms with Crippen LogP contribution in [0.5, 0.6) is 0 Å². The molecular weight excluding hydrogens is 192 g/mol. The maximum atomic E-state index is 5.49. The van der Waals surface area contributed by atoms with Crippen molar-refractivity contribution in [2.45, 2.75) is 0 Å². The van der Waals surface area contributed by atoms with Gasteiger partial charge in [0.1, 0.15) is 5.58 Å². The number of aromatic nitrogens is 1. The van der Waals surface area contributed by atoms with E-state index in [1.165, 1.54) is 0 Å². The monoisotopic (exact) mass is 200 g/mol. The lowest BCUT2D eigenvalue weighted by atomic mass is 10.1. The summed E-state index contributed by atoms with van der Waals surface area (Å²) in [6.07, 6.45) is 1.66. The number of hydrogen-bond donors (Lipinski definition) is 1. The van der Waals surface area contributed by atoms with Crippen LogP contribution in [-0.4, -0.2) is 5.16 Å². The van der Waals surface area contributed by atoms with Crippen LogP contribution < -0.4 is 5.73 Å². The number of fused-ring (bicyclic) bond motifs is 1. The lowest BCUT2D eigenvalue weighted by Gasteiger charge is -1.94. The van der Waals surface area contributed by atoms with E-state index in [0.29, 0.717) is 11.6 Å². The van der Waals surface area contributed by atoms with E-state index in [1.807, 2.05) is 24.3 Å². The summed E-state index contributed by atoms with van der Waals surface area (Å²) in [6, 6.07) is 9.37. The first-order valence-corrected chi connectivity index (χ1v) is 4.53. The van der Waals surface area contributed by atoms with E-state index in [4.69, 9.17) is 14.7 Å². The van der Waals surface area contributed by atoms with Gasteiger partial charge in [-0.15, -0.1) is 0 Å². The first kappa shape index (κ1) is 8.11. The van der Waals surface area contributed by atoms with Crippen molar-refractivity contribution in [2.75, 3.05) is 5.73 Å². The smallest absolute Gasteiger partial charge is 0.169 e. The molecule has 0 bridgehead atoms. The first-order valence-electron chi connectivity index (χ1n) is 4.53. The molecule has 0 saturated carbocycles. The standard InChI is InChI=1S/C11H8N2O2/c12-11-6-10(15-13-11)7-1-2-9-8(5-7)3-4-14-9/h1-6H,(H2,12,13). The topological polar surface area (TPSA) is 65.2 Å². The molecule has 2 heterocycles. The Morgan fingerprint density at radius 3 is 2.87 bits per heavy atom. The predicted octanol–water partition coefficient (Wildman–Crippen LogP) is 2.67. The van der Waals surface area contributed by atoms with Crippen LogP contribution in [0.1, 0.15) is 0 Å². The molecule has 0 aliphatic carbocycles. The summed E-state index contributed by atoms with van der Waals surface area (Å²) in [6.45, 7) is 0. The molecular formula is C11H8N2O2. The summed E-state index contributed by atoms with van der Waals surface area (Å²) in [4.78, 5) is 0. The average Bonchev–Trinajstić information content (AvgIpc) is 2.84. The number of nitrogens with zero attached hydrogens (tertiary/aromatic N) is 1. The van der Waals surface area contributed by atoms with Crippen molar-refractivity contribution in [3.63, 3.8) is 0 Å². The van der Waals surface area contributed by atoms with Crippen molar-refractivity contribution in [1.29, 1.82) is 0 Å². The van der Waals surface area contributed by atoms with Gasteiger partial charge in [0.25, 0.3) is 0 Å². The van der Waals surface area contributed by atoms with E-state index in [0.717, 1.165) is 16.5 Å². The van der Waals surface area contributed by atoms with Gasteiger partial charge in [-0.3, -0.25) is 0 Å². The second kappa shape index (κ2) is 2.88. The van der Waals surface area contributed by atoms with Crippen LogP contribution in [-0.2, 0) is 0 Å². The zero-order valence-electron chi connectivity index (χ0n) is 7.81. The van der Waals surface area contributed by atoms with Crippen LogP contribution in [0.3, 0.4) is 0 Å². The Bertz CT molecular complexity index is 610. The van der Waals surface area contributed by atoms with E-state index < -0.39 is 0 Å². The molecule has 0 aliphatic rings.